The number of allylic oxidation sites excluding steroid dienone is 2. The standard InChI is InChI=1S/C27H40Si/c1-8-9-10-11-12-14-18-27(26-19-15-13-16-20-26)21-17-22-28(23(2)3,24(4)5)25(6)7/h13,15-16,19-21,23-25H,8-12H2,1-7H3/b27-21-. The summed E-state index contributed by atoms with van der Waals surface area (Å²) in [6.45, 7) is 16.4. The fourth-order valence-electron chi connectivity index (χ4n) is 4.27. The summed E-state index contributed by atoms with van der Waals surface area (Å²) in [6, 6.07) is 10.5. The molecule has 0 atom stereocenters. The van der Waals surface area contributed by atoms with E-state index in [0.29, 0.717) is 16.6 Å². The Balaban J connectivity index is 3.17. The van der Waals surface area contributed by atoms with Crippen molar-refractivity contribution in [1.29, 1.82) is 0 Å². The molecule has 0 amide bonds. The van der Waals surface area contributed by atoms with Gasteiger partial charge in [0.15, 0.2) is 0 Å². The summed E-state index contributed by atoms with van der Waals surface area (Å²) in [5.74, 6) is 10.3. The van der Waals surface area contributed by atoms with Gasteiger partial charge >= 0.3 is 0 Å². The Bertz CT molecular complexity index is 692. The molecule has 0 saturated heterocycles. The summed E-state index contributed by atoms with van der Waals surface area (Å²) in [4.78, 5) is 0. The Morgan fingerprint density at radius 3 is 2.04 bits per heavy atom. The molecule has 1 rings (SSSR count). The maximum Gasteiger partial charge on any atom is 0.146 e. The minimum Gasteiger partial charge on any atom is -0.126 e. The van der Waals surface area contributed by atoms with Gasteiger partial charge < -0.3 is 0 Å². The number of unbranched alkanes of at least 4 members (excludes halogenated alkanes) is 4. The third kappa shape index (κ3) is 7.03. The van der Waals surface area contributed by atoms with Crippen LogP contribution in [0.3, 0.4) is 0 Å². The highest BCUT2D eigenvalue weighted by molar-refractivity contribution is 6.90. The first kappa shape index (κ1) is 24.3. The first-order valence-corrected chi connectivity index (χ1v) is 13.4. The van der Waals surface area contributed by atoms with Gasteiger partial charge in [-0.1, -0.05) is 116 Å². The quantitative estimate of drug-likeness (QED) is 0.237. The summed E-state index contributed by atoms with van der Waals surface area (Å²) in [6.07, 6.45) is 8.09. The molecule has 1 aromatic rings. The summed E-state index contributed by atoms with van der Waals surface area (Å²) in [7, 11) is -1.70. The van der Waals surface area contributed by atoms with Crippen molar-refractivity contribution in [3.05, 3.63) is 42.0 Å². The van der Waals surface area contributed by atoms with Gasteiger partial charge in [-0.05, 0) is 28.6 Å². The van der Waals surface area contributed by atoms with E-state index in [9.17, 15) is 0 Å². The molecule has 0 bridgehead atoms. The fraction of sp³-hybridized carbons (Fsp3) is 0.556. The highest BCUT2D eigenvalue weighted by atomic mass is 28.3. The first-order valence-electron chi connectivity index (χ1n) is 11.1. The third-order valence-electron chi connectivity index (χ3n) is 5.83. The second-order valence-electron chi connectivity index (χ2n) is 8.70. The van der Waals surface area contributed by atoms with E-state index in [4.69, 9.17) is 0 Å². The molecule has 0 radical (unpaired) electrons. The van der Waals surface area contributed by atoms with Crippen LogP contribution in [0.15, 0.2) is 36.4 Å². The van der Waals surface area contributed by atoms with Crippen LogP contribution >= 0.6 is 0 Å². The van der Waals surface area contributed by atoms with Crippen LogP contribution in [0.5, 0.6) is 0 Å². The first-order chi connectivity index (χ1) is 13.4. The Kier molecular flexibility index (Phi) is 11.0. The number of hydrogen-bond donors (Lipinski definition) is 0. The van der Waals surface area contributed by atoms with Gasteiger partial charge in [-0.15, -0.1) is 5.54 Å². The lowest BCUT2D eigenvalue weighted by Gasteiger charge is -2.38. The molecule has 1 aromatic carbocycles. The lowest BCUT2D eigenvalue weighted by Crippen LogP contribution is -2.43. The van der Waals surface area contributed by atoms with Crippen LogP contribution in [-0.2, 0) is 0 Å². The van der Waals surface area contributed by atoms with Gasteiger partial charge in [0.25, 0.3) is 0 Å². The number of rotatable bonds is 8. The highest BCUT2D eigenvalue weighted by Gasteiger charge is 2.41. The van der Waals surface area contributed by atoms with Crippen LogP contribution in [0, 0.1) is 23.3 Å². The van der Waals surface area contributed by atoms with E-state index in [1.807, 2.05) is 0 Å². The van der Waals surface area contributed by atoms with Crippen LogP contribution in [0.2, 0.25) is 16.6 Å². The zero-order chi connectivity index (χ0) is 21.0. The average Bonchev–Trinajstić information content (AvgIpc) is 2.66. The normalized spacial score (nSPS) is 12.0. The summed E-state index contributed by atoms with van der Waals surface area (Å²) in [5, 5.41) is 0. The molecule has 0 nitrogen and oxygen atoms in total. The third-order valence-corrected chi connectivity index (χ3v) is 12.1. The van der Waals surface area contributed by atoms with Crippen molar-refractivity contribution in [1.82, 2.24) is 0 Å². The van der Waals surface area contributed by atoms with Gasteiger partial charge in [0.2, 0.25) is 0 Å². The fourth-order valence-corrected chi connectivity index (χ4v) is 9.46. The second-order valence-corrected chi connectivity index (χ2v) is 14.3. The minimum atomic E-state index is -1.70. The van der Waals surface area contributed by atoms with E-state index in [2.05, 4.69) is 108 Å². The molecular formula is C27H40Si. The van der Waals surface area contributed by atoms with Crippen LogP contribution in [-0.4, -0.2) is 8.07 Å². The van der Waals surface area contributed by atoms with Crippen molar-refractivity contribution in [3.63, 3.8) is 0 Å². The van der Waals surface area contributed by atoms with E-state index in [-0.39, 0.29) is 0 Å². The molecule has 28 heavy (non-hydrogen) atoms. The van der Waals surface area contributed by atoms with Crippen molar-refractivity contribution < 1.29 is 0 Å². The molecule has 1 heteroatoms. The lowest BCUT2D eigenvalue weighted by atomic mass is 10.1. The molecule has 0 unspecified atom stereocenters. The number of benzene rings is 1. The minimum absolute atomic E-state index is 0.651. The molecule has 0 aliphatic heterocycles. The zero-order valence-corrected chi connectivity index (χ0v) is 20.2. The molecular weight excluding hydrogens is 352 g/mol. The topological polar surface area (TPSA) is 0 Å². The van der Waals surface area contributed by atoms with Crippen molar-refractivity contribution in [3.8, 4) is 23.3 Å². The Labute approximate surface area is 176 Å². The molecule has 0 aliphatic carbocycles. The van der Waals surface area contributed by atoms with E-state index in [0.717, 1.165) is 12.0 Å². The summed E-state index contributed by atoms with van der Waals surface area (Å²) in [5.41, 5.74) is 7.98. The van der Waals surface area contributed by atoms with Gasteiger partial charge in [0, 0.05) is 18.1 Å². The van der Waals surface area contributed by atoms with Crippen LogP contribution < -0.4 is 0 Å². The Hall–Kier alpha value is -1.70. The monoisotopic (exact) mass is 392 g/mol. The van der Waals surface area contributed by atoms with E-state index >= 15 is 0 Å². The van der Waals surface area contributed by atoms with Gasteiger partial charge in [0.1, 0.15) is 8.07 Å². The van der Waals surface area contributed by atoms with Crippen LogP contribution in [0.1, 0.15) is 86.1 Å². The van der Waals surface area contributed by atoms with Gasteiger partial charge in [-0.3, -0.25) is 0 Å². The van der Waals surface area contributed by atoms with E-state index in [1.165, 1.54) is 31.2 Å². The van der Waals surface area contributed by atoms with Crippen molar-refractivity contribution in [2.24, 2.45) is 0 Å². The smallest absolute Gasteiger partial charge is 0.126 e. The molecule has 0 N–H and O–H groups in total. The zero-order valence-electron chi connectivity index (χ0n) is 19.2. The van der Waals surface area contributed by atoms with Crippen molar-refractivity contribution in [2.45, 2.75) is 97.2 Å². The van der Waals surface area contributed by atoms with E-state index in [1.54, 1.807) is 0 Å². The molecule has 152 valence electrons. The second kappa shape index (κ2) is 12.7. The summed E-state index contributed by atoms with van der Waals surface area (Å²) < 4.78 is 0. The molecule has 0 heterocycles. The summed E-state index contributed by atoms with van der Waals surface area (Å²) >= 11 is 0. The van der Waals surface area contributed by atoms with Crippen molar-refractivity contribution in [2.75, 3.05) is 0 Å². The average molecular weight is 393 g/mol. The highest BCUT2D eigenvalue weighted by Crippen LogP contribution is 2.40. The Morgan fingerprint density at radius 1 is 0.893 bits per heavy atom. The maximum atomic E-state index is 3.79. The molecule has 0 spiro atoms. The Morgan fingerprint density at radius 2 is 1.50 bits per heavy atom. The van der Waals surface area contributed by atoms with Crippen molar-refractivity contribution >= 4 is 13.6 Å². The predicted molar refractivity (Wildman–Crippen MR) is 130 cm³/mol. The SMILES string of the molecule is CCCCCCC#C/C(=C/C#C[Si](C(C)C)(C(C)C)C(C)C)c1ccccc1. The predicted octanol–water partition coefficient (Wildman–Crippen LogP) is 8.27. The lowest BCUT2D eigenvalue weighted by molar-refractivity contribution is 0.680. The molecule has 0 fully saturated rings. The van der Waals surface area contributed by atoms with Crippen LogP contribution in [0.4, 0.5) is 0 Å². The van der Waals surface area contributed by atoms with Gasteiger partial charge in [-0.25, -0.2) is 0 Å². The number of hydrogen-bond acceptors (Lipinski definition) is 0. The van der Waals surface area contributed by atoms with Gasteiger partial charge in [-0.2, -0.15) is 0 Å². The molecule has 0 saturated carbocycles. The largest absolute Gasteiger partial charge is 0.146 e. The molecule has 0 aromatic heterocycles. The van der Waals surface area contributed by atoms with Gasteiger partial charge in [0.05, 0.1) is 0 Å². The van der Waals surface area contributed by atoms with E-state index < -0.39 is 8.07 Å². The van der Waals surface area contributed by atoms with Crippen LogP contribution in [0.25, 0.3) is 5.57 Å². The maximum absolute atomic E-state index is 3.79. The molecule has 0 aliphatic rings.